The van der Waals surface area contributed by atoms with Crippen LogP contribution in [0, 0.1) is 0 Å². The van der Waals surface area contributed by atoms with Crippen LogP contribution in [-0.4, -0.2) is 5.78 Å². The van der Waals surface area contributed by atoms with Gasteiger partial charge in [0.05, 0.1) is 0 Å². The molecule has 0 heterocycles. The molecular formula is C17H14BrClO. The highest BCUT2D eigenvalue weighted by molar-refractivity contribution is 9.10. The second kappa shape index (κ2) is 5.71. The second-order valence-electron chi connectivity index (χ2n) is 5.13. The summed E-state index contributed by atoms with van der Waals surface area (Å²) in [5, 5.41) is 0.598. The van der Waals surface area contributed by atoms with Gasteiger partial charge in [-0.2, -0.15) is 0 Å². The Morgan fingerprint density at radius 2 is 2.00 bits per heavy atom. The number of carbonyl (C=O) groups excluding carboxylic acids is 1. The zero-order valence-electron chi connectivity index (χ0n) is 10.9. The quantitative estimate of drug-likeness (QED) is 0.663. The number of benzene rings is 2. The average Bonchev–Trinajstić information content (AvgIpc) is 2.48. The Balaban J connectivity index is 2.02. The molecule has 0 fully saturated rings. The SMILES string of the molecule is O=C(c1cc(Cl)ccc1Br)C1CCCc2ccccc21. The van der Waals surface area contributed by atoms with E-state index in [0.717, 1.165) is 23.7 Å². The van der Waals surface area contributed by atoms with Crippen molar-refractivity contribution in [3.8, 4) is 0 Å². The van der Waals surface area contributed by atoms with Crippen molar-refractivity contribution in [2.24, 2.45) is 0 Å². The van der Waals surface area contributed by atoms with Crippen molar-refractivity contribution in [1.82, 2.24) is 0 Å². The molecule has 0 spiro atoms. The minimum Gasteiger partial charge on any atom is -0.293 e. The second-order valence-corrected chi connectivity index (χ2v) is 6.42. The van der Waals surface area contributed by atoms with Crippen molar-refractivity contribution in [2.75, 3.05) is 0 Å². The molecule has 102 valence electrons. The lowest BCUT2D eigenvalue weighted by Crippen LogP contribution is -2.19. The van der Waals surface area contributed by atoms with Gasteiger partial charge >= 0.3 is 0 Å². The predicted octanol–water partition coefficient (Wildman–Crippen LogP) is 5.41. The van der Waals surface area contributed by atoms with E-state index < -0.39 is 0 Å². The minimum atomic E-state index is -0.0466. The molecule has 0 amide bonds. The van der Waals surface area contributed by atoms with Gasteiger partial charge in [-0.1, -0.05) is 51.8 Å². The molecule has 0 radical (unpaired) electrons. The van der Waals surface area contributed by atoms with Gasteiger partial charge in [-0.15, -0.1) is 0 Å². The van der Waals surface area contributed by atoms with E-state index in [1.807, 2.05) is 18.2 Å². The number of hydrogen-bond donors (Lipinski definition) is 0. The summed E-state index contributed by atoms with van der Waals surface area (Å²) >= 11 is 9.49. The molecule has 3 heteroatoms. The Morgan fingerprint density at radius 3 is 2.85 bits per heavy atom. The van der Waals surface area contributed by atoms with E-state index in [-0.39, 0.29) is 11.7 Å². The zero-order valence-corrected chi connectivity index (χ0v) is 13.2. The van der Waals surface area contributed by atoms with Gasteiger partial charge in [0.2, 0.25) is 0 Å². The third-order valence-electron chi connectivity index (χ3n) is 3.88. The Kier molecular flexibility index (Phi) is 3.95. The summed E-state index contributed by atoms with van der Waals surface area (Å²) in [5.74, 6) is 0.112. The van der Waals surface area contributed by atoms with Crippen molar-refractivity contribution in [3.05, 3.63) is 68.7 Å². The van der Waals surface area contributed by atoms with E-state index in [0.29, 0.717) is 10.6 Å². The molecule has 1 aliphatic carbocycles. The first-order valence-electron chi connectivity index (χ1n) is 6.74. The molecule has 0 saturated heterocycles. The molecule has 0 aromatic heterocycles. The summed E-state index contributed by atoms with van der Waals surface area (Å²) in [5.41, 5.74) is 3.16. The summed E-state index contributed by atoms with van der Waals surface area (Å²) in [6.07, 6.45) is 3.04. The van der Waals surface area contributed by atoms with Crippen molar-refractivity contribution < 1.29 is 4.79 Å². The van der Waals surface area contributed by atoms with Crippen molar-refractivity contribution in [2.45, 2.75) is 25.2 Å². The number of fused-ring (bicyclic) bond motifs is 1. The fraction of sp³-hybridized carbons (Fsp3) is 0.235. The van der Waals surface area contributed by atoms with Crippen LogP contribution in [0.1, 0.15) is 40.2 Å². The van der Waals surface area contributed by atoms with Crippen molar-refractivity contribution in [3.63, 3.8) is 0 Å². The van der Waals surface area contributed by atoms with E-state index in [9.17, 15) is 4.79 Å². The number of Topliss-reactive ketones (excluding diaryl/α,β-unsaturated/α-hetero) is 1. The van der Waals surface area contributed by atoms with Crippen LogP contribution in [0.3, 0.4) is 0 Å². The van der Waals surface area contributed by atoms with Gasteiger partial charge in [-0.3, -0.25) is 4.79 Å². The first-order valence-corrected chi connectivity index (χ1v) is 7.91. The van der Waals surface area contributed by atoms with E-state index in [1.165, 1.54) is 11.1 Å². The standard InChI is InChI=1S/C17H14BrClO/c18-16-9-8-12(19)10-15(16)17(20)14-7-3-5-11-4-1-2-6-13(11)14/h1-2,4,6,8-10,14H,3,5,7H2. The van der Waals surface area contributed by atoms with Crippen LogP contribution in [0.25, 0.3) is 0 Å². The molecule has 3 rings (SSSR count). The lowest BCUT2D eigenvalue weighted by Gasteiger charge is -2.24. The molecule has 2 aromatic rings. The topological polar surface area (TPSA) is 17.1 Å². The summed E-state index contributed by atoms with van der Waals surface area (Å²) < 4.78 is 0.815. The molecule has 0 N–H and O–H groups in total. The Morgan fingerprint density at radius 1 is 1.20 bits per heavy atom. The number of aryl methyl sites for hydroxylation is 1. The summed E-state index contributed by atoms with van der Waals surface area (Å²) in [4.78, 5) is 12.8. The average molecular weight is 350 g/mol. The third-order valence-corrected chi connectivity index (χ3v) is 4.81. The van der Waals surface area contributed by atoms with Crippen LogP contribution in [0.4, 0.5) is 0 Å². The summed E-state index contributed by atoms with van der Waals surface area (Å²) in [6.45, 7) is 0. The smallest absolute Gasteiger partial charge is 0.171 e. The Bertz CT molecular complexity index is 666. The van der Waals surface area contributed by atoms with Crippen molar-refractivity contribution in [1.29, 1.82) is 0 Å². The Hall–Kier alpha value is -1.12. The largest absolute Gasteiger partial charge is 0.293 e. The van der Waals surface area contributed by atoms with Crippen LogP contribution >= 0.6 is 27.5 Å². The van der Waals surface area contributed by atoms with E-state index >= 15 is 0 Å². The molecule has 0 bridgehead atoms. The number of carbonyl (C=O) groups is 1. The van der Waals surface area contributed by atoms with Crippen LogP contribution in [-0.2, 0) is 6.42 Å². The van der Waals surface area contributed by atoms with E-state index in [4.69, 9.17) is 11.6 Å². The van der Waals surface area contributed by atoms with E-state index in [2.05, 4.69) is 28.1 Å². The highest BCUT2D eigenvalue weighted by atomic mass is 79.9. The van der Waals surface area contributed by atoms with Gasteiger partial charge in [0.25, 0.3) is 0 Å². The van der Waals surface area contributed by atoms with Gasteiger partial charge in [-0.25, -0.2) is 0 Å². The first-order chi connectivity index (χ1) is 9.66. The molecule has 1 nitrogen and oxygen atoms in total. The molecule has 0 saturated carbocycles. The molecular weight excluding hydrogens is 336 g/mol. The summed E-state index contributed by atoms with van der Waals surface area (Å²) in [7, 11) is 0. The van der Waals surface area contributed by atoms with Crippen molar-refractivity contribution >= 4 is 33.3 Å². The monoisotopic (exact) mass is 348 g/mol. The molecule has 2 aromatic carbocycles. The van der Waals surface area contributed by atoms with Crippen LogP contribution in [0.2, 0.25) is 5.02 Å². The fourth-order valence-corrected chi connectivity index (χ4v) is 3.51. The minimum absolute atomic E-state index is 0.0466. The van der Waals surface area contributed by atoms with E-state index in [1.54, 1.807) is 12.1 Å². The number of ketones is 1. The number of halogens is 2. The Labute approximate surface area is 132 Å². The van der Waals surface area contributed by atoms with Gasteiger partial charge < -0.3 is 0 Å². The van der Waals surface area contributed by atoms with Gasteiger partial charge in [-0.05, 0) is 48.6 Å². The molecule has 0 aliphatic heterocycles. The normalized spacial score (nSPS) is 17.6. The van der Waals surface area contributed by atoms with Gasteiger partial charge in [0.1, 0.15) is 0 Å². The lowest BCUT2D eigenvalue weighted by molar-refractivity contribution is 0.0950. The van der Waals surface area contributed by atoms with Crippen LogP contribution in [0.5, 0.6) is 0 Å². The number of rotatable bonds is 2. The van der Waals surface area contributed by atoms with Crippen LogP contribution in [0.15, 0.2) is 46.9 Å². The molecule has 1 unspecified atom stereocenters. The highest BCUT2D eigenvalue weighted by Gasteiger charge is 2.28. The maximum Gasteiger partial charge on any atom is 0.171 e. The van der Waals surface area contributed by atoms with Crippen LogP contribution < -0.4 is 0 Å². The molecule has 20 heavy (non-hydrogen) atoms. The zero-order chi connectivity index (χ0) is 14.1. The molecule has 1 atom stereocenters. The van der Waals surface area contributed by atoms with Gasteiger partial charge in [0.15, 0.2) is 5.78 Å². The summed E-state index contributed by atoms with van der Waals surface area (Å²) in [6, 6.07) is 13.6. The predicted molar refractivity (Wildman–Crippen MR) is 85.6 cm³/mol. The van der Waals surface area contributed by atoms with Gasteiger partial charge in [0, 0.05) is 21.0 Å². The number of hydrogen-bond acceptors (Lipinski definition) is 1. The first kappa shape index (κ1) is 13.8. The lowest BCUT2D eigenvalue weighted by atomic mass is 9.79. The third kappa shape index (κ3) is 2.55. The highest BCUT2D eigenvalue weighted by Crippen LogP contribution is 2.36. The maximum absolute atomic E-state index is 12.8. The fourth-order valence-electron chi connectivity index (χ4n) is 2.90. The maximum atomic E-state index is 12.8. The molecule has 1 aliphatic rings.